The largest absolute Gasteiger partial charge is 0.481 e. The molecular formula is C23H23BrN2O4. The van der Waals surface area contributed by atoms with Gasteiger partial charge in [0.25, 0.3) is 5.91 Å². The zero-order chi connectivity index (χ0) is 22.1. The molecule has 0 spiro atoms. The fraction of sp³-hybridized carbons (Fsp3) is 0.304. The zero-order valence-electron chi connectivity index (χ0n) is 17.0. The van der Waals surface area contributed by atoms with Gasteiger partial charge in [0.1, 0.15) is 0 Å². The number of hydrazone groups is 1. The number of rotatable bonds is 6. The monoisotopic (exact) mass is 470 g/mol. The molecule has 0 radical (unpaired) electrons. The number of amides is 1. The summed E-state index contributed by atoms with van der Waals surface area (Å²) >= 11 is 3.32. The summed E-state index contributed by atoms with van der Waals surface area (Å²) in [6, 6.07) is 15.6. The summed E-state index contributed by atoms with van der Waals surface area (Å²) in [7, 11) is 0. The Morgan fingerprint density at radius 2 is 1.70 bits per heavy atom. The van der Waals surface area contributed by atoms with Crippen molar-refractivity contribution >= 4 is 45.0 Å². The molecule has 0 aromatic heterocycles. The molecule has 30 heavy (non-hydrogen) atoms. The van der Waals surface area contributed by atoms with Crippen molar-refractivity contribution in [3.05, 3.63) is 64.6 Å². The zero-order valence-corrected chi connectivity index (χ0v) is 18.6. The molecule has 1 aliphatic heterocycles. The van der Waals surface area contributed by atoms with E-state index in [0.717, 1.165) is 4.47 Å². The number of anilines is 1. The van der Waals surface area contributed by atoms with E-state index in [1.807, 2.05) is 26.8 Å². The van der Waals surface area contributed by atoms with Crippen LogP contribution in [-0.2, 0) is 9.59 Å². The van der Waals surface area contributed by atoms with Crippen LogP contribution in [0.4, 0.5) is 5.69 Å². The van der Waals surface area contributed by atoms with E-state index >= 15 is 0 Å². The standard InChI is InChI=1S/C23H23BrN2O4/c1-23(2,3)20-19(21(28)26(25-20)16-7-5-4-6-8-16)17(22(29)30)13-18(27)14-9-11-15(24)12-10-14/h4-12,17,19H,13H2,1-3H3,(H,29,30)/t17-,19-/m1/s1. The van der Waals surface area contributed by atoms with Crippen molar-refractivity contribution in [3.8, 4) is 0 Å². The third-order valence-electron chi connectivity index (χ3n) is 5.04. The SMILES string of the molecule is CC(C)(C)C1=NN(c2ccccc2)C(=O)[C@@H]1[C@@H](CC(=O)c1ccc(Br)cc1)C(=O)O. The molecule has 0 saturated heterocycles. The van der Waals surface area contributed by atoms with Crippen molar-refractivity contribution in [1.82, 2.24) is 0 Å². The third kappa shape index (κ3) is 4.51. The molecule has 2 aromatic rings. The Labute approximate surface area is 183 Å². The predicted octanol–water partition coefficient (Wildman–Crippen LogP) is 4.79. The number of hydrogen-bond donors (Lipinski definition) is 1. The van der Waals surface area contributed by atoms with E-state index in [-0.39, 0.29) is 12.2 Å². The number of Topliss-reactive ketones (excluding diaryl/α,β-unsaturated/α-hetero) is 1. The van der Waals surface area contributed by atoms with E-state index < -0.39 is 29.1 Å². The average Bonchev–Trinajstić information content (AvgIpc) is 3.04. The Morgan fingerprint density at radius 3 is 2.23 bits per heavy atom. The normalized spacial score (nSPS) is 17.6. The van der Waals surface area contributed by atoms with Gasteiger partial charge in [-0.15, -0.1) is 0 Å². The van der Waals surface area contributed by atoms with Gasteiger partial charge in [0.15, 0.2) is 5.78 Å². The van der Waals surface area contributed by atoms with E-state index in [9.17, 15) is 19.5 Å². The summed E-state index contributed by atoms with van der Waals surface area (Å²) in [5, 5.41) is 15.7. The van der Waals surface area contributed by atoms with Crippen molar-refractivity contribution < 1.29 is 19.5 Å². The Balaban J connectivity index is 1.96. The molecule has 0 saturated carbocycles. The Hall–Kier alpha value is -2.80. The van der Waals surface area contributed by atoms with Gasteiger partial charge in [-0.3, -0.25) is 14.4 Å². The van der Waals surface area contributed by atoms with Crippen LogP contribution in [0.3, 0.4) is 0 Å². The maximum atomic E-state index is 13.3. The first-order valence-corrected chi connectivity index (χ1v) is 10.4. The minimum atomic E-state index is -1.21. The van der Waals surface area contributed by atoms with Gasteiger partial charge < -0.3 is 5.11 Å². The number of carbonyl (C=O) groups is 3. The molecule has 1 amide bonds. The van der Waals surface area contributed by atoms with E-state index in [2.05, 4.69) is 21.0 Å². The first-order chi connectivity index (χ1) is 14.1. The van der Waals surface area contributed by atoms with E-state index in [1.54, 1.807) is 48.5 Å². The highest BCUT2D eigenvalue weighted by molar-refractivity contribution is 9.10. The van der Waals surface area contributed by atoms with E-state index in [4.69, 9.17) is 0 Å². The molecule has 6 nitrogen and oxygen atoms in total. The summed E-state index contributed by atoms with van der Waals surface area (Å²) in [5.74, 6) is -4.16. The molecular weight excluding hydrogens is 448 g/mol. The fourth-order valence-corrected chi connectivity index (χ4v) is 3.77. The fourth-order valence-electron chi connectivity index (χ4n) is 3.50. The first kappa shape index (κ1) is 21.9. The van der Waals surface area contributed by atoms with Crippen molar-refractivity contribution in [2.24, 2.45) is 22.4 Å². The van der Waals surface area contributed by atoms with Crippen molar-refractivity contribution in [2.75, 3.05) is 5.01 Å². The third-order valence-corrected chi connectivity index (χ3v) is 5.57. The van der Waals surface area contributed by atoms with Gasteiger partial charge in [0, 0.05) is 21.9 Å². The Morgan fingerprint density at radius 1 is 1.10 bits per heavy atom. The van der Waals surface area contributed by atoms with E-state index in [0.29, 0.717) is 17.0 Å². The highest BCUT2D eigenvalue weighted by Crippen LogP contribution is 2.37. The number of carbonyl (C=O) groups excluding carboxylic acids is 2. The van der Waals surface area contributed by atoms with Gasteiger partial charge in [-0.05, 0) is 24.3 Å². The molecule has 0 aliphatic carbocycles. The van der Waals surface area contributed by atoms with E-state index in [1.165, 1.54) is 5.01 Å². The van der Waals surface area contributed by atoms with Crippen LogP contribution in [0.15, 0.2) is 64.2 Å². The molecule has 2 atom stereocenters. The number of carboxylic acids is 1. The van der Waals surface area contributed by atoms with Gasteiger partial charge in [0.2, 0.25) is 0 Å². The van der Waals surface area contributed by atoms with Crippen molar-refractivity contribution in [3.63, 3.8) is 0 Å². The second kappa shape index (κ2) is 8.52. The molecule has 0 unspecified atom stereocenters. The summed E-state index contributed by atoms with van der Waals surface area (Å²) in [6.07, 6.45) is -0.287. The number of benzene rings is 2. The molecule has 1 heterocycles. The van der Waals surface area contributed by atoms with Gasteiger partial charge in [-0.25, -0.2) is 5.01 Å². The molecule has 3 rings (SSSR count). The quantitative estimate of drug-likeness (QED) is 0.614. The van der Waals surface area contributed by atoms with Crippen LogP contribution >= 0.6 is 15.9 Å². The van der Waals surface area contributed by atoms with Gasteiger partial charge in [-0.1, -0.05) is 67.0 Å². The average molecular weight is 471 g/mol. The van der Waals surface area contributed by atoms with Crippen molar-refractivity contribution in [2.45, 2.75) is 27.2 Å². The molecule has 0 bridgehead atoms. The number of nitrogens with zero attached hydrogens (tertiary/aromatic N) is 2. The van der Waals surface area contributed by atoms with Crippen LogP contribution < -0.4 is 5.01 Å². The first-order valence-electron chi connectivity index (χ1n) is 9.59. The molecule has 156 valence electrons. The lowest BCUT2D eigenvalue weighted by atomic mass is 9.74. The number of hydrogen-bond acceptors (Lipinski definition) is 4. The number of aliphatic carboxylic acids is 1. The van der Waals surface area contributed by atoms with Gasteiger partial charge >= 0.3 is 5.97 Å². The summed E-state index contributed by atoms with van der Waals surface area (Å²) in [6.45, 7) is 5.65. The lowest BCUT2D eigenvalue weighted by molar-refractivity contribution is -0.144. The lowest BCUT2D eigenvalue weighted by Gasteiger charge is -2.26. The summed E-state index contributed by atoms with van der Waals surface area (Å²) < 4.78 is 0.820. The smallest absolute Gasteiger partial charge is 0.308 e. The highest BCUT2D eigenvalue weighted by Gasteiger charge is 2.48. The Kier molecular flexibility index (Phi) is 6.22. The Bertz CT molecular complexity index is 994. The molecule has 0 fully saturated rings. The second-order valence-corrected chi connectivity index (χ2v) is 9.19. The van der Waals surface area contributed by atoms with Gasteiger partial charge in [-0.2, -0.15) is 5.10 Å². The van der Waals surface area contributed by atoms with Crippen molar-refractivity contribution in [1.29, 1.82) is 0 Å². The number of halogens is 1. The molecule has 7 heteroatoms. The van der Waals surface area contributed by atoms with Gasteiger partial charge in [0.05, 0.1) is 23.2 Å². The molecule has 1 aliphatic rings. The summed E-state index contributed by atoms with van der Waals surface area (Å²) in [4.78, 5) is 38.3. The van der Waals surface area contributed by atoms with Crippen LogP contribution in [-0.4, -0.2) is 28.5 Å². The van der Waals surface area contributed by atoms with Crippen LogP contribution in [0.5, 0.6) is 0 Å². The number of ketones is 1. The molecule has 2 aromatic carbocycles. The molecule has 1 N–H and O–H groups in total. The topological polar surface area (TPSA) is 87.0 Å². The maximum absolute atomic E-state index is 13.3. The van der Waals surface area contributed by atoms with Crippen LogP contribution in [0.1, 0.15) is 37.6 Å². The van der Waals surface area contributed by atoms with Crippen LogP contribution in [0.2, 0.25) is 0 Å². The van der Waals surface area contributed by atoms with Crippen LogP contribution in [0, 0.1) is 17.3 Å². The minimum absolute atomic E-state index is 0.287. The second-order valence-electron chi connectivity index (χ2n) is 8.28. The summed E-state index contributed by atoms with van der Waals surface area (Å²) in [5.41, 5.74) is 0.893. The van der Waals surface area contributed by atoms with Crippen LogP contribution in [0.25, 0.3) is 0 Å². The lowest BCUT2D eigenvalue weighted by Crippen LogP contribution is -2.41. The minimum Gasteiger partial charge on any atom is -0.481 e. The predicted molar refractivity (Wildman–Crippen MR) is 119 cm³/mol. The number of para-hydroxylation sites is 1. The maximum Gasteiger partial charge on any atom is 0.308 e. The highest BCUT2D eigenvalue weighted by atomic mass is 79.9. The number of carboxylic acid groups (broad SMARTS) is 1.